The summed E-state index contributed by atoms with van der Waals surface area (Å²) in [5, 5.41) is 89.5. The number of carbonyl (C=O) groups excluding carboxylic acids is 8. The summed E-state index contributed by atoms with van der Waals surface area (Å²) in [5.41, 5.74) is 5.10. The van der Waals surface area contributed by atoms with E-state index in [9.17, 15) is 88.5 Å². The van der Waals surface area contributed by atoms with Crippen LogP contribution >= 0.6 is 7.82 Å². The number of nitrogens with two attached hydrogens (primary N) is 1. The van der Waals surface area contributed by atoms with Crippen LogP contribution in [-0.2, 0) is 42.9 Å². The number of phosphoric ester groups is 1. The van der Waals surface area contributed by atoms with Crippen molar-refractivity contribution in [3.8, 4) is 5.75 Å². The number of aliphatic hydroxyl groups is 7. The van der Waals surface area contributed by atoms with Crippen molar-refractivity contribution in [1.29, 1.82) is 0 Å². The number of nitrogens with one attached hydrogen (secondary N) is 5. The molecular weight excluding hydrogens is 1080 g/mol. The van der Waals surface area contributed by atoms with Gasteiger partial charge in [0.15, 0.2) is 6.23 Å². The lowest BCUT2D eigenvalue weighted by Gasteiger charge is -2.34. The molecule has 458 valence electrons. The van der Waals surface area contributed by atoms with E-state index in [4.69, 9.17) is 5.73 Å². The van der Waals surface area contributed by atoms with Gasteiger partial charge in [-0.15, -0.1) is 0 Å². The van der Waals surface area contributed by atoms with E-state index in [-0.39, 0.29) is 12.0 Å². The number of primary amides is 1. The van der Waals surface area contributed by atoms with Crippen LogP contribution in [0.4, 0.5) is 0 Å². The predicted octanol–water partition coefficient (Wildman–Crippen LogP) is -1.52. The van der Waals surface area contributed by atoms with Gasteiger partial charge in [-0.25, -0.2) is 4.57 Å². The largest absolute Gasteiger partial charge is 0.524 e. The van der Waals surface area contributed by atoms with E-state index in [0.717, 1.165) is 61.3 Å². The second kappa shape index (κ2) is 32.5. The molecule has 0 aromatic heterocycles. The van der Waals surface area contributed by atoms with Crippen LogP contribution < -0.4 is 36.8 Å². The van der Waals surface area contributed by atoms with Gasteiger partial charge in [-0.05, 0) is 42.4 Å². The highest BCUT2D eigenvalue weighted by Gasteiger charge is 2.50. The van der Waals surface area contributed by atoms with E-state index in [1.54, 1.807) is 0 Å². The fourth-order valence-electron chi connectivity index (χ4n) is 10.7. The lowest BCUT2D eigenvalue weighted by Crippen LogP contribution is -2.63. The summed E-state index contributed by atoms with van der Waals surface area (Å²) in [5.74, 6) is -9.65. The zero-order valence-electron chi connectivity index (χ0n) is 46.6. The molecule has 8 amide bonds. The van der Waals surface area contributed by atoms with Crippen LogP contribution in [0.15, 0.2) is 24.3 Å². The quantitative estimate of drug-likeness (QED) is 0.0391. The van der Waals surface area contributed by atoms with E-state index in [1.807, 2.05) is 0 Å². The lowest BCUT2D eigenvalue weighted by atomic mass is 9.89. The summed E-state index contributed by atoms with van der Waals surface area (Å²) in [6.45, 7) is 6.03. The number of carbonyl (C=O) groups is 8. The maximum Gasteiger partial charge on any atom is 0.524 e. The number of rotatable bonds is 25. The number of fused-ring (bicyclic) bond motifs is 2. The molecule has 28 heteroatoms. The first-order chi connectivity index (χ1) is 38.1. The molecule has 3 fully saturated rings. The Balaban J connectivity index is 1.63. The Morgan fingerprint density at radius 1 is 0.753 bits per heavy atom. The number of nitrogens with zero attached hydrogens (tertiary/aromatic N) is 2. The van der Waals surface area contributed by atoms with Gasteiger partial charge in [-0.3, -0.25) is 48.1 Å². The van der Waals surface area contributed by atoms with Gasteiger partial charge < -0.3 is 82.4 Å². The Labute approximate surface area is 471 Å². The zero-order valence-corrected chi connectivity index (χ0v) is 47.5. The molecule has 0 bridgehead atoms. The monoisotopic (exact) mass is 1170 g/mol. The molecule has 0 radical (unpaired) electrons. The number of unbranched alkanes of at least 4 members (excludes halogenated alkanes) is 8. The summed E-state index contributed by atoms with van der Waals surface area (Å²) >= 11 is 0. The van der Waals surface area contributed by atoms with Crippen LogP contribution in [-0.4, -0.2) is 189 Å². The molecule has 0 saturated carbocycles. The van der Waals surface area contributed by atoms with Crippen molar-refractivity contribution in [1.82, 2.24) is 36.4 Å². The van der Waals surface area contributed by atoms with Gasteiger partial charge in [0, 0.05) is 38.3 Å². The highest BCUT2D eigenvalue weighted by atomic mass is 31.2. The second-order valence-corrected chi connectivity index (χ2v) is 23.3. The van der Waals surface area contributed by atoms with Crippen molar-refractivity contribution in [2.45, 2.75) is 210 Å². The van der Waals surface area contributed by atoms with Crippen LogP contribution in [0.5, 0.6) is 5.75 Å². The SMILES string of the molecule is CCCCCCC(C)CC(C)CCCCCCCCC(=O)N[C@H]1C[C@H](O)[C@H](O)NC(=O)[C@@H]2[C@@H](O)[C@@H](C)CN2C(=O)[C@H](C(O)CC(N)=O)NC(=O)[C@H](C(O)c2ccc(OP(=O)(O)O)cc2)NC(=O)[C@@H]2C[C@@H](O)CN2C(=O)[C@@H](CO)NC1=O. The smallest absolute Gasteiger partial charge is 0.404 e. The number of hydrogen-bond acceptors (Lipinski definition) is 17. The molecule has 27 nitrogen and oxygen atoms in total. The molecule has 0 spiro atoms. The first-order valence-electron chi connectivity index (χ1n) is 28.1. The Hall–Kier alpha value is -5.35. The minimum absolute atomic E-state index is 0.0860. The number of benzene rings is 1. The van der Waals surface area contributed by atoms with Gasteiger partial charge in [0.1, 0.15) is 54.2 Å². The third kappa shape index (κ3) is 21.1. The number of hydrogen-bond donors (Lipinski definition) is 15. The Bertz CT molecular complexity index is 2310. The highest BCUT2D eigenvalue weighted by Crippen LogP contribution is 2.38. The molecular formula is C53H87N8O19P. The molecule has 16 N–H and O–H groups in total. The van der Waals surface area contributed by atoms with Crippen molar-refractivity contribution >= 4 is 55.1 Å². The molecule has 3 aliphatic rings. The van der Waals surface area contributed by atoms with Gasteiger partial charge in [0.2, 0.25) is 47.3 Å². The highest BCUT2D eigenvalue weighted by molar-refractivity contribution is 7.46. The topological polar surface area (TPSA) is 438 Å². The van der Waals surface area contributed by atoms with E-state index < -0.39 is 179 Å². The summed E-state index contributed by atoms with van der Waals surface area (Å²) < 4.78 is 16.0. The van der Waals surface area contributed by atoms with E-state index >= 15 is 0 Å². The van der Waals surface area contributed by atoms with E-state index in [0.29, 0.717) is 29.6 Å². The van der Waals surface area contributed by atoms with Gasteiger partial charge >= 0.3 is 7.82 Å². The first-order valence-corrected chi connectivity index (χ1v) is 29.6. The van der Waals surface area contributed by atoms with Crippen molar-refractivity contribution < 1.29 is 93.0 Å². The Morgan fingerprint density at radius 2 is 1.35 bits per heavy atom. The summed E-state index contributed by atoms with van der Waals surface area (Å²) in [4.78, 5) is 131. The summed E-state index contributed by atoms with van der Waals surface area (Å²) in [7, 11) is -5.08. The third-order valence-electron chi connectivity index (χ3n) is 15.1. The molecule has 1 aromatic rings. The number of amides is 8. The summed E-state index contributed by atoms with van der Waals surface area (Å²) in [6.07, 6.45) is -0.851. The average molecular weight is 1170 g/mol. The van der Waals surface area contributed by atoms with Crippen molar-refractivity contribution in [3.63, 3.8) is 0 Å². The second-order valence-electron chi connectivity index (χ2n) is 22.2. The van der Waals surface area contributed by atoms with Crippen LogP contribution in [0.3, 0.4) is 0 Å². The minimum Gasteiger partial charge on any atom is -0.404 e. The summed E-state index contributed by atoms with van der Waals surface area (Å²) in [6, 6.07) is -7.89. The maximum absolute atomic E-state index is 14.6. The normalized spacial score (nSPS) is 28.0. The number of phosphoric acid groups is 1. The van der Waals surface area contributed by atoms with Crippen LogP contribution in [0.1, 0.15) is 149 Å². The molecule has 0 aliphatic carbocycles. The van der Waals surface area contributed by atoms with Crippen molar-refractivity contribution in [2.24, 2.45) is 23.5 Å². The molecule has 3 aliphatic heterocycles. The molecule has 15 atom stereocenters. The third-order valence-corrected chi connectivity index (χ3v) is 15.6. The van der Waals surface area contributed by atoms with E-state index in [2.05, 4.69) is 51.9 Å². The van der Waals surface area contributed by atoms with Crippen LogP contribution in [0, 0.1) is 17.8 Å². The van der Waals surface area contributed by atoms with Crippen molar-refractivity contribution in [3.05, 3.63) is 29.8 Å². The average Bonchev–Trinajstić information content (AvgIpc) is 4.14. The van der Waals surface area contributed by atoms with Gasteiger partial charge in [0.25, 0.3) is 0 Å². The zero-order chi connectivity index (χ0) is 60.3. The molecule has 3 heterocycles. The minimum atomic E-state index is -5.08. The van der Waals surface area contributed by atoms with Crippen molar-refractivity contribution in [2.75, 3.05) is 19.7 Å². The van der Waals surface area contributed by atoms with Gasteiger partial charge in [-0.1, -0.05) is 110 Å². The molecule has 3 saturated heterocycles. The van der Waals surface area contributed by atoms with Crippen LogP contribution in [0.25, 0.3) is 0 Å². The predicted molar refractivity (Wildman–Crippen MR) is 289 cm³/mol. The molecule has 4 unspecified atom stereocenters. The van der Waals surface area contributed by atoms with E-state index in [1.165, 1.54) is 45.4 Å². The Kier molecular flexibility index (Phi) is 27.3. The Morgan fingerprint density at radius 3 is 1.94 bits per heavy atom. The number of aliphatic hydroxyl groups excluding tert-OH is 7. The molecule has 4 rings (SSSR count). The van der Waals surface area contributed by atoms with Gasteiger partial charge in [-0.2, -0.15) is 0 Å². The molecule has 81 heavy (non-hydrogen) atoms. The molecule has 1 aromatic carbocycles. The fourth-order valence-corrected chi connectivity index (χ4v) is 11.1. The van der Waals surface area contributed by atoms with Crippen LogP contribution in [0.2, 0.25) is 0 Å². The fraction of sp³-hybridized carbons (Fsp3) is 0.736. The van der Waals surface area contributed by atoms with Gasteiger partial charge in [0.05, 0.1) is 31.3 Å². The maximum atomic E-state index is 14.6. The first kappa shape index (κ1) is 68.2. The standard InChI is InChI=1S/C53H87N8O19P/c1-5-6-7-12-15-29(2)22-30(3)16-13-10-8-9-11-14-17-41(67)55-35-24-39(65)49(72)59-51(74)44-45(68)31(4)26-61(44)53(76)42(38(64)25-40(54)66)57-50(73)43(46(69)32-18-20-34(21-19-32)80-81(77,78)79)58-48(71)37-23-33(63)27-60(37)52(75)36(28-62)56-47(35)70/h18-21,29-31,33,35-39,42-46,49,62-65,68-69,72H,5-17,22-28H2,1-4H3,(H2,54,66)(H,55,67)(H,56,70)(H,57,73)(H,58,71)(H,59,74)(H2,77,78,79)/t29?,30?,31-,33+,35-,36+,37-,38?,39-,42-,43-,44-,45-,46?,49-/m0/s1. The lowest BCUT2D eigenvalue weighted by molar-refractivity contribution is -0.148.